The summed E-state index contributed by atoms with van der Waals surface area (Å²) < 4.78 is 10.5. The molecule has 0 aromatic heterocycles. The molecule has 8 heteroatoms. The third kappa shape index (κ3) is 3.67. The van der Waals surface area contributed by atoms with Crippen molar-refractivity contribution in [2.75, 3.05) is 34.9 Å². The van der Waals surface area contributed by atoms with Crippen LogP contribution in [0.25, 0.3) is 0 Å². The minimum absolute atomic E-state index is 0.268. The van der Waals surface area contributed by atoms with Crippen LogP contribution in [0.3, 0.4) is 0 Å². The summed E-state index contributed by atoms with van der Waals surface area (Å²) >= 11 is 0. The van der Waals surface area contributed by atoms with E-state index in [2.05, 4.69) is 5.32 Å². The number of rotatable bonds is 6. The predicted octanol–water partition coefficient (Wildman–Crippen LogP) is 0.645. The van der Waals surface area contributed by atoms with E-state index in [1.165, 1.54) is 12.0 Å². The van der Waals surface area contributed by atoms with Gasteiger partial charge in [0.05, 0.1) is 14.2 Å². The number of urea groups is 1. The van der Waals surface area contributed by atoms with Crippen LogP contribution in [-0.2, 0) is 16.0 Å². The van der Waals surface area contributed by atoms with Gasteiger partial charge in [-0.2, -0.15) is 0 Å². The van der Waals surface area contributed by atoms with Crippen LogP contribution in [0.2, 0.25) is 0 Å². The molecule has 1 aliphatic heterocycles. The molecular weight excluding hydrogens is 326 g/mol. The lowest BCUT2D eigenvalue weighted by atomic mass is 9.92. The number of carbonyl (C=O) groups excluding carboxylic acids is 3. The van der Waals surface area contributed by atoms with Gasteiger partial charge in [-0.15, -0.1) is 0 Å². The highest BCUT2D eigenvalue weighted by molar-refractivity contribution is 6.08. The number of benzene rings is 1. The molecule has 1 saturated heterocycles. The second kappa shape index (κ2) is 7.00. The van der Waals surface area contributed by atoms with Crippen molar-refractivity contribution >= 4 is 17.8 Å². The van der Waals surface area contributed by atoms with E-state index in [-0.39, 0.29) is 18.9 Å². The zero-order valence-electron chi connectivity index (χ0n) is 15.1. The van der Waals surface area contributed by atoms with Crippen LogP contribution in [0.1, 0.15) is 12.5 Å². The molecule has 25 heavy (non-hydrogen) atoms. The standard InChI is InChI=1S/C17H23N3O5/c1-17(9-11-6-7-12(24-4)13(8-11)25-5)15(22)20(16(23)18-17)10-14(21)19(2)3/h6-8H,9-10H2,1-5H3,(H,18,23). The normalized spacial score (nSPS) is 19.6. The maximum atomic E-state index is 12.7. The van der Waals surface area contributed by atoms with E-state index in [0.29, 0.717) is 11.5 Å². The van der Waals surface area contributed by atoms with Gasteiger partial charge in [0.1, 0.15) is 12.1 Å². The molecule has 1 atom stereocenters. The van der Waals surface area contributed by atoms with Crippen LogP contribution in [0.4, 0.5) is 4.79 Å². The minimum atomic E-state index is -1.12. The van der Waals surface area contributed by atoms with Gasteiger partial charge in [0.25, 0.3) is 5.91 Å². The van der Waals surface area contributed by atoms with Gasteiger partial charge in [-0.3, -0.25) is 14.5 Å². The Morgan fingerprint density at radius 3 is 2.40 bits per heavy atom. The Morgan fingerprint density at radius 1 is 1.20 bits per heavy atom. The number of amides is 4. The predicted molar refractivity (Wildman–Crippen MR) is 90.6 cm³/mol. The van der Waals surface area contributed by atoms with Crippen LogP contribution < -0.4 is 14.8 Å². The van der Waals surface area contributed by atoms with Crippen molar-refractivity contribution in [3.8, 4) is 11.5 Å². The second-order valence-corrected chi connectivity index (χ2v) is 6.31. The molecule has 0 aliphatic carbocycles. The first-order valence-electron chi connectivity index (χ1n) is 7.77. The molecule has 1 aliphatic rings. The molecule has 1 unspecified atom stereocenters. The molecule has 1 N–H and O–H groups in total. The summed E-state index contributed by atoms with van der Waals surface area (Å²) in [6, 6.07) is 4.74. The summed E-state index contributed by atoms with van der Waals surface area (Å²) in [5.41, 5.74) is -0.321. The van der Waals surface area contributed by atoms with Crippen molar-refractivity contribution in [1.82, 2.24) is 15.1 Å². The first kappa shape index (κ1) is 18.6. The first-order valence-corrected chi connectivity index (χ1v) is 7.77. The maximum Gasteiger partial charge on any atom is 0.325 e. The summed E-state index contributed by atoms with van der Waals surface area (Å²) in [4.78, 5) is 39.0. The quantitative estimate of drug-likeness (QED) is 0.762. The molecular formula is C17H23N3O5. The van der Waals surface area contributed by atoms with Gasteiger partial charge in [-0.05, 0) is 24.6 Å². The molecule has 0 bridgehead atoms. The summed E-state index contributed by atoms with van der Waals surface area (Å²) in [6.45, 7) is 1.36. The molecule has 0 saturated carbocycles. The van der Waals surface area contributed by atoms with E-state index in [4.69, 9.17) is 9.47 Å². The Bertz CT molecular complexity index is 704. The highest BCUT2D eigenvalue weighted by Crippen LogP contribution is 2.30. The molecule has 136 valence electrons. The third-order valence-corrected chi connectivity index (χ3v) is 4.14. The Morgan fingerprint density at radius 2 is 1.84 bits per heavy atom. The molecule has 4 amide bonds. The smallest absolute Gasteiger partial charge is 0.325 e. The number of nitrogens with zero attached hydrogens (tertiary/aromatic N) is 2. The fourth-order valence-electron chi connectivity index (χ4n) is 2.69. The number of ether oxygens (including phenoxy) is 2. The molecule has 0 radical (unpaired) electrons. The number of methoxy groups -OCH3 is 2. The number of hydrogen-bond donors (Lipinski definition) is 1. The molecule has 1 heterocycles. The molecule has 0 spiro atoms. The van der Waals surface area contributed by atoms with Crippen molar-refractivity contribution in [2.24, 2.45) is 0 Å². The van der Waals surface area contributed by atoms with Crippen molar-refractivity contribution in [2.45, 2.75) is 18.9 Å². The van der Waals surface area contributed by atoms with Gasteiger partial charge in [0, 0.05) is 20.5 Å². The molecule has 2 rings (SSSR count). The van der Waals surface area contributed by atoms with Crippen LogP contribution in [0, 0.1) is 0 Å². The fraction of sp³-hybridized carbons (Fsp3) is 0.471. The number of hydrogen-bond acceptors (Lipinski definition) is 5. The Hall–Kier alpha value is -2.77. The van der Waals surface area contributed by atoms with Crippen molar-refractivity contribution in [3.63, 3.8) is 0 Å². The minimum Gasteiger partial charge on any atom is -0.493 e. The van der Waals surface area contributed by atoms with Crippen molar-refractivity contribution in [1.29, 1.82) is 0 Å². The topological polar surface area (TPSA) is 88.2 Å². The number of likely N-dealkylation sites (N-methyl/N-ethyl adjacent to an activating group) is 1. The largest absolute Gasteiger partial charge is 0.493 e. The second-order valence-electron chi connectivity index (χ2n) is 6.31. The first-order chi connectivity index (χ1) is 11.7. The SMILES string of the molecule is COc1ccc(CC2(C)NC(=O)N(CC(=O)N(C)C)C2=O)cc1OC. The summed E-state index contributed by atoms with van der Waals surface area (Å²) in [5, 5.41) is 2.68. The van der Waals surface area contributed by atoms with E-state index in [9.17, 15) is 14.4 Å². The van der Waals surface area contributed by atoms with E-state index in [0.717, 1.165) is 10.5 Å². The van der Waals surface area contributed by atoms with Crippen LogP contribution in [0.5, 0.6) is 11.5 Å². The van der Waals surface area contributed by atoms with Gasteiger partial charge >= 0.3 is 6.03 Å². The Labute approximate surface area is 146 Å². The number of imide groups is 1. The van der Waals surface area contributed by atoms with Crippen LogP contribution >= 0.6 is 0 Å². The lowest BCUT2D eigenvalue weighted by molar-refractivity contribution is -0.137. The van der Waals surface area contributed by atoms with Crippen molar-refractivity contribution in [3.05, 3.63) is 23.8 Å². The average molecular weight is 349 g/mol. The molecule has 1 aromatic rings. The molecule has 8 nitrogen and oxygen atoms in total. The Balaban J connectivity index is 2.20. The molecule has 1 fully saturated rings. The highest BCUT2D eigenvalue weighted by atomic mass is 16.5. The lowest BCUT2D eigenvalue weighted by Gasteiger charge is -2.22. The highest BCUT2D eigenvalue weighted by Gasteiger charge is 2.48. The van der Waals surface area contributed by atoms with E-state index in [1.54, 1.807) is 46.3 Å². The van der Waals surface area contributed by atoms with Gasteiger partial charge in [-0.1, -0.05) is 6.07 Å². The van der Waals surface area contributed by atoms with E-state index >= 15 is 0 Å². The number of carbonyl (C=O) groups is 3. The maximum absolute atomic E-state index is 12.7. The van der Waals surface area contributed by atoms with Gasteiger partial charge < -0.3 is 19.7 Å². The van der Waals surface area contributed by atoms with Crippen molar-refractivity contribution < 1.29 is 23.9 Å². The van der Waals surface area contributed by atoms with Crippen LogP contribution in [0.15, 0.2) is 18.2 Å². The summed E-state index contributed by atoms with van der Waals surface area (Å²) in [5.74, 6) is 0.373. The third-order valence-electron chi connectivity index (χ3n) is 4.14. The average Bonchev–Trinajstić information content (AvgIpc) is 2.77. The van der Waals surface area contributed by atoms with Gasteiger partial charge in [0.15, 0.2) is 11.5 Å². The fourth-order valence-corrected chi connectivity index (χ4v) is 2.69. The van der Waals surface area contributed by atoms with Gasteiger partial charge in [0.2, 0.25) is 5.91 Å². The molecule has 1 aromatic carbocycles. The van der Waals surface area contributed by atoms with E-state index < -0.39 is 17.5 Å². The van der Waals surface area contributed by atoms with E-state index in [1.807, 2.05) is 0 Å². The zero-order valence-corrected chi connectivity index (χ0v) is 15.1. The lowest BCUT2D eigenvalue weighted by Crippen LogP contribution is -2.46. The summed E-state index contributed by atoms with van der Waals surface area (Å²) in [6.07, 6.45) is 0.268. The summed E-state index contributed by atoms with van der Waals surface area (Å²) in [7, 11) is 6.22. The monoisotopic (exact) mass is 349 g/mol. The zero-order chi connectivity index (χ0) is 18.8. The Kier molecular flexibility index (Phi) is 5.20. The van der Waals surface area contributed by atoms with Crippen LogP contribution in [-0.4, -0.2) is 68.0 Å². The number of nitrogens with one attached hydrogen (secondary N) is 1. The van der Waals surface area contributed by atoms with Gasteiger partial charge in [-0.25, -0.2) is 4.79 Å².